The number of aromatic nitrogens is 3. The Morgan fingerprint density at radius 1 is 0.941 bits per heavy atom. The Bertz CT molecular complexity index is 1340. The molecule has 34 heavy (non-hydrogen) atoms. The maximum absolute atomic E-state index is 13.7. The van der Waals surface area contributed by atoms with E-state index in [2.05, 4.69) is 10.2 Å². The molecule has 0 aliphatic carbocycles. The van der Waals surface area contributed by atoms with Crippen molar-refractivity contribution in [1.82, 2.24) is 20.1 Å². The number of benzene rings is 2. The van der Waals surface area contributed by atoms with Crippen LogP contribution in [-0.2, 0) is 0 Å². The van der Waals surface area contributed by atoms with E-state index in [1.807, 2.05) is 23.1 Å². The largest absolute Gasteiger partial charge is 0.493 e. The van der Waals surface area contributed by atoms with Crippen LogP contribution in [0.25, 0.3) is 33.5 Å². The summed E-state index contributed by atoms with van der Waals surface area (Å²) in [4.78, 5) is 20.3. The van der Waals surface area contributed by atoms with E-state index in [1.165, 1.54) is 12.1 Å². The molecule has 0 radical (unpaired) electrons. The fourth-order valence-corrected chi connectivity index (χ4v) is 4.43. The highest BCUT2D eigenvalue weighted by Gasteiger charge is 2.25. The molecule has 1 amide bonds. The van der Waals surface area contributed by atoms with Gasteiger partial charge in [0.15, 0.2) is 17.1 Å². The molecule has 2 aromatic carbocycles. The van der Waals surface area contributed by atoms with Crippen molar-refractivity contribution < 1.29 is 18.7 Å². The van der Waals surface area contributed by atoms with Gasteiger partial charge in [-0.2, -0.15) is 5.10 Å². The zero-order valence-electron chi connectivity index (χ0n) is 19.1. The number of carbonyl (C=O) groups is 1. The molecule has 7 nitrogen and oxygen atoms in total. The molecule has 0 saturated carbocycles. The number of fused-ring (bicyclic) bond motifs is 1. The summed E-state index contributed by atoms with van der Waals surface area (Å²) in [6, 6.07) is 13.4. The van der Waals surface area contributed by atoms with Crippen molar-refractivity contribution in [3.8, 4) is 34.0 Å². The van der Waals surface area contributed by atoms with E-state index in [1.54, 1.807) is 32.4 Å². The number of rotatable bonds is 5. The van der Waals surface area contributed by atoms with Crippen molar-refractivity contribution in [3.05, 3.63) is 59.9 Å². The maximum atomic E-state index is 13.7. The summed E-state index contributed by atoms with van der Waals surface area (Å²) in [6.07, 6.45) is 3.09. The molecule has 8 heteroatoms. The zero-order chi connectivity index (χ0) is 23.7. The Morgan fingerprint density at radius 3 is 2.35 bits per heavy atom. The first-order valence-corrected chi connectivity index (χ1v) is 11.3. The van der Waals surface area contributed by atoms with Gasteiger partial charge in [-0.25, -0.2) is 9.37 Å². The van der Waals surface area contributed by atoms with Crippen LogP contribution in [0, 0.1) is 5.82 Å². The first-order valence-electron chi connectivity index (χ1n) is 11.3. The SMILES string of the molecule is COc1ccc(-c2cc(C(=O)N3CCCCC3)c3c(-c4ccc(F)cc4)[nH]nc3n2)cc1OC. The Morgan fingerprint density at radius 2 is 1.65 bits per heavy atom. The average Bonchev–Trinajstić information content (AvgIpc) is 3.32. The molecule has 0 atom stereocenters. The minimum Gasteiger partial charge on any atom is -0.493 e. The van der Waals surface area contributed by atoms with Crippen LogP contribution < -0.4 is 9.47 Å². The van der Waals surface area contributed by atoms with Crippen molar-refractivity contribution in [3.63, 3.8) is 0 Å². The number of amides is 1. The lowest BCUT2D eigenvalue weighted by Crippen LogP contribution is -2.35. The van der Waals surface area contributed by atoms with Crippen molar-refractivity contribution >= 4 is 16.9 Å². The van der Waals surface area contributed by atoms with Crippen LogP contribution >= 0.6 is 0 Å². The highest BCUT2D eigenvalue weighted by molar-refractivity contribution is 6.11. The Balaban J connectivity index is 1.69. The summed E-state index contributed by atoms with van der Waals surface area (Å²) < 4.78 is 24.3. The molecule has 1 N–H and O–H groups in total. The van der Waals surface area contributed by atoms with E-state index < -0.39 is 0 Å². The molecule has 5 rings (SSSR count). The third-order valence-corrected chi connectivity index (χ3v) is 6.21. The minimum atomic E-state index is -0.328. The van der Waals surface area contributed by atoms with Crippen molar-refractivity contribution in [2.45, 2.75) is 19.3 Å². The van der Waals surface area contributed by atoms with Crippen LogP contribution in [0.5, 0.6) is 11.5 Å². The second kappa shape index (κ2) is 9.13. The number of ether oxygens (including phenoxy) is 2. The van der Waals surface area contributed by atoms with Crippen molar-refractivity contribution in [2.24, 2.45) is 0 Å². The van der Waals surface area contributed by atoms with Crippen LogP contribution in [0.4, 0.5) is 4.39 Å². The quantitative estimate of drug-likeness (QED) is 0.450. The van der Waals surface area contributed by atoms with Gasteiger partial charge in [-0.15, -0.1) is 0 Å². The molecule has 4 aromatic rings. The number of methoxy groups -OCH3 is 2. The summed E-state index contributed by atoms with van der Waals surface area (Å²) in [5, 5.41) is 8.06. The monoisotopic (exact) mass is 460 g/mol. The fraction of sp³-hybridized carbons (Fsp3) is 0.269. The highest BCUT2D eigenvalue weighted by Crippen LogP contribution is 2.35. The topological polar surface area (TPSA) is 80.3 Å². The molecule has 0 bridgehead atoms. The number of hydrogen-bond donors (Lipinski definition) is 1. The van der Waals surface area contributed by atoms with E-state index >= 15 is 0 Å². The predicted octanol–water partition coefficient (Wildman–Crippen LogP) is 5.07. The lowest BCUT2D eigenvalue weighted by atomic mass is 10.0. The van der Waals surface area contributed by atoms with E-state index in [-0.39, 0.29) is 11.7 Å². The number of piperidine rings is 1. The first-order chi connectivity index (χ1) is 16.6. The lowest BCUT2D eigenvalue weighted by Gasteiger charge is -2.27. The molecule has 1 aliphatic rings. The molecule has 1 fully saturated rings. The van der Waals surface area contributed by atoms with Gasteiger partial charge in [0, 0.05) is 24.2 Å². The number of carbonyl (C=O) groups excluding carboxylic acids is 1. The van der Waals surface area contributed by atoms with Crippen LogP contribution in [0.1, 0.15) is 29.6 Å². The second-order valence-electron chi connectivity index (χ2n) is 8.28. The van der Waals surface area contributed by atoms with Gasteiger partial charge in [-0.05, 0) is 67.8 Å². The van der Waals surface area contributed by atoms with Gasteiger partial charge in [0.2, 0.25) is 0 Å². The first kappa shape index (κ1) is 21.9. The lowest BCUT2D eigenvalue weighted by molar-refractivity contribution is 0.0726. The summed E-state index contributed by atoms with van der Waals surface area (Å²) >= 11 is 0. The number of nitrogens with zero attached hydrogens (tertiary/aromatic N) is 3. The Labute approximate surface area is 196 Å². The molecular formula is C26H25FN4O3. The minimum absolute atomic E-state index is 0.0569. The molecule has 2 aromatic heterocycles. The summed E-state index contributed by atoms with van der Waals surface area (Å²) in [7, 11) is 3.16. The van der Waals surface area contributed by atoms with E-state index in [9.17, 15) is 9.18 Å². The second-order valence-corrected chi connectivity index (χ2v) is 8.28. The molecule has 0 unspecified atom stereocenters. The normalized spacial score (nSPS) is 13.8. The number of hydrogen-bond acceptors (Lipinski definition) is 5. The van der Waals surface area contributed by atoms with Crippen molar-refractivity contribution in [2.75, 3.05) is 27.3 Å². The van der Waals surface area contributed by atoms with Gasteiger partial charge in [0.25, 0.3) is 5.91 Å². The molecule has 1 aliphatic heterocycles. The maximum Gasteiger partial charge on any atom is 0.254 e. The van der Waals surface area contributed by atoms with Gasteiger partial charge in [-0.1, -0.05) is 0 Å². The molecule has 1 saturated heterocycles. The van der Waals surface area contributed by atoms with Crippen LogP contribution in [0.15, 0.2) is 48.5 Å². The van der Waals surface area contributed by atoms with E-state index in [4.69, 9.17) is 14.5 Å². The van der Waals surface area contributed by atoms with Crippen LogP contribution in [0.3, 0.4) is 0 Å². The fourth-order valence-electron chi connectivity index (χ4n) is 4.43. The number of halogens is 1. The van der Waals surface area contributed by atoms with Gasteiger partial charge >= 0.3 is 0 Å². The molecule has 3 heterocycles. The smallest absolute Gasteiger partial charge is 0.254 e. The average molecular weight is 461 g/mol. The Hall–Kier alpha value is -3.94. The number of nitrogens with one attached hydrogen (secondary N) is 1. The number of likely N-dealkylation sites (tertiary alicyclic amines) is 1. The summed E-state index contributed by atoms with van der Waals surface area (Å²) in [6.45, 7) is 1.44. The van der Waals surface area contributed by atoms with Gasteiger partial charge < -0.3 is 14.4 Å². The number of H-pyrrole nitrogens is 1. The van der Waals surface area contributed by atoms with Gasteiger partial charge in [0.1, 0.15) is 5.82 Å². The number of pyridine rings is 1. The number of aromatic amines is 1. The van der Waals surface area contributed by atoms with Crippen LogP contribution in [0.2, 0.25) is 0 Å². The van der Waals surface area contributed by atoms with Crippen molar-refractivity contribution in [1.29, 1.82) is 0 Å². The third-order valence-electron chi connectivity index (χ3n) is 6.21. The Kier molecular flexibility index (Phi) is 5.88. The molecular weight excluding hydrogens is 435 g/mol. The summed E-state index contributed by atoms with van der Waals surface area (Å²) in [5.74, 6) is 0.791. The molecule has 0 spiro atoms. The highest BCUT2D eigenvalue weighted by atomic mass is 19.1. The van der Waals surface area contributed by atoms with E-state index in [0.717, 1.165) is 43.5 Å². The zero-order valence-corrected chi connectivity index (χ0v) is 19.1. The van der Waals surface area contributed by atoms with Gasteiger partial charge in [-0.3, -0.25) is 9.89 Å². The molecule has 174 valence electrons. The van der Waals surface area contributed by atoms with Gasteiger partial charge in [0.05, 0.1) is 36.6 Å². The van der Waals surface area contributed by atoms with E-state index in [0.29, 0.717) is 39.5 Å². The van der Waals surface area contributed by atoms with Crippen LogP contribution in [-0.4, -0.2) is 53.3 Å². The summed E-state index contributed by atoms with van der Waals surface area (Å²) in [5.41, 5.74) is 3.69. The predicted molar refractivity (Wildman–Crippen MR) is 128 cm³/mol. The standard InChI is InChI=1S/C26H25FN4O3/c1-33-21-11-8-17(14-22(21)34-2)20-15-19(26(32)31-12-4-3-5-13-31)23-24(29-30-25(23)28-20)16-6-9-18(27)10-7-16/h6-11,14-15H,3-5,12-13H2,1-2H3,(H,28,29,30). The third kappa shape index (κ3) is 3.96.